The van der Waals surface area contributed by atoms with E-state index in [0.29, 0.717) is 44.9 Å². The number of carbonyl (C=O) groups is 2. The molecule has 0 saturated heterocycles. The zero-order valence-electron chi connectivity index (χ0n) is 58.4. The van der Waals surface area contributed by atoms with Gasteiger partial charge in [0.1, 0.15) is 13.2 Å². The minimum atomic E-state index is -0.486. The average molecular weight is 1390 g/mol. The second-order valence-electron chi connectivity index (χ2n) is 27.1. The second-order valence-corrected chi connectivity index (χ2v) is 27.1. The van der Waals surface area contributed by atoms with Crippen molar-refractivity contribution < 1.29 is 19.1 Å². The molecule has 510 valence electrons. The van der Waals surface area contributed by atoms with Crippen LogP contribution in [-0.4, -0.2) is 43.2 Å². The minimum absolute atomic E-state index is 0.0279. The van der Waals surface area contributed by atoms with Gasteiger partial charge in [0.25, 0.3) is 6.71 Å². The van der Waals surface area contributed by atoms with Crippen molar-refractivity contribution in [2.24, 2.45) is 0 Å². The standard InChI is InChI=1S/C96H64BN7O4/c105-95(107-61-63-26-8-1-9-27-63)71-49-52-85-76(55-71)77-56-72(96(106)108-62-64-28-10-2-11-29-64)50-53-86(77)104(85)87-51-48-70(94-99-81(66-30-12-3-13-31-66)59-82(100-94)67-32-14-4-15-33-67)54-78(87)84-60-83(68-34-16-5-17-35-68)98-93(101-84)69-46-44-65(45-47-69)73-57-90-92-91(58-73)103(75-38-20-7-21-39-75)89-43-25-23-41-80(89)97(92)79-40-22-24-42-88(79)102(90)74-36-18-6-19-37-74/h1-60H,61-62H2. The second kappa shape index (κ2) is 27.7. The summed E-state index contributed by atoms with van der Waals surface area (Å²) in [5.41, 5.74) is 25.0. The average Bonchev–Trinajstić information content (AvgIpc) is 0.822. The summed E-state index contributed by atoms with van der Waals surface area (Å²) in [4.78, 5) is 55.3. The van der Waals surface area contributed by atoms with Crippen molar-refractivity contribution in [1.29, 1.82) is 0 Å². The molecule has 0 spiro atoms. The van der Waals surface area contributed by atoms with Crippen molar-refractivity contribution in [2.75, 3.05) is 9.80 Å². The summed E-state index contributed by atoms with van der Waals surface area (Å²) in [7, 11) is 0. The van der Waals surface area contributed by atoms with Gasteiger partial charge in [0, 0.05) is 78.3 Å². The highest BCUT2D eigenvalue weighted by Gasteiger charge is 2.43. The fourth-order valence-corrected chi connectivity index (χ4v) is 15.4. The number of para-hydroxylation sites is 4. The number of nitrogens with zero attached hydrogens (tertiary/aromatic N) is 7. The Balaban J connectivity index is 0.801. The number of ether oxygens (including phenoxy) is 2. The number of carbonyl (C=O) groups excluding carboxylic acids is 2. The van der Waals surface area contributed by atoms with Crippen molar-refractivity contribution in [3.8, 4) is 84.6 Å². The van der Waals surface area contributed by atoms with E-state index in [9.17, 15) is 9.59 Å². The van der Waals surface area contributed by atoms with Crippen LogP contribution in [0, 0.1) is 0 Å². The third-order valence-corrected chi connectivity index (χ3v) is 20.5. The molecule has 11 nitrogen and oxygen atoms in total. The predicted molar refractivity (Wildman–Crippen MR) is 435 cm³/mol. The first-order valence-electron chi connectivity index (χ1n) is 36.1. The molecule has 14 aromatic carbocycles. The molecule has 0 radical (unpaired) electrons. The summed E-state index contributed by atoms with van der Waals surface area (Å²) < 4.78 is 14.1. The van der Waals surface area contributed by atoms with Gasteiger partial charge < -0.3 is 23.8 Å². The SMILES string of the molecule is O=C(OCc1ccccc1)c1ccc2c(c1)c1cc(C(=O)OCc3ccccc3)ccc1n2-c1ccc(-c2nc(-c3ccccc3)cc(-c3ccccc3)n2)cc1-c1cc(-c2ccccc2)nc(-c2ccc(-c3cc4c5c(c3)N(c3ccccc3)c3ccccc3B5c3ccccc3N4c3ccccc3)cc2)n1. The summed E-state index contributed by atoms with van der Waals surface area (Å²) in [5, 5.41) is 1.43. The maximum absolute atomic E-state index is 14.3. The molecule has 2 aliphatic heterocycles. The Hall–Kier alpha value is -14.4. The number of esters is 2. The van der Waals surface area contributed by atoms with Gasteiger partial charge in [-0.3, -0.25) is 0 Å². The van der Waals surface area contributed by atoms with Crippen LogP contribution in [0.1, 0.15) is 31.8 Å². The normalized spacial score (nSPS) is 12.0. The van der Waals surface area contributed by atoms with Crippen molar-refractivity contribution in [2.45, 2.75) is 13.2 Å². The molecule has 0 fully saturated rings. The molecule has 5 heterocycles. The largest absolute Gasteiger partial charge is 0.457 e. The highest BCUT2D eigenvalue weighted by molar-refractivity contribution is 7.00. The van der Waals surface area contributed by atoms with Crippen LogP contribution >= 0.6 is 0 Å². The maximum Gasteiger partial charge on any atom is 0.338 e. The number of rotatable bonds is 16. The van der Waals surface area contributed by atoms with E-state index in [4.69, 9.17) is 29.4 Å². The van der Waals surface area contributed by atoms with E-state index in [1.165, 1.54) is 16.4 Å². The molecular formula is C96H64BN7O4. The summed E-state index contributed by atoms with van der Waals surface area (Å²) >= 11 is 0. The van der Waals surface area contributed by atoms with E-state index < -0.39 is 11.9 Å². The lowest BCUT2D eigenvalue weighted by Crippen LogP contribution is -2.61. The van der Waals surface area contributed by atoms with Gasteiger partial charge in [-0.1, -0.05) is 249 Å². The van der Waals surface area contributed by atoms with E-state index in [1.54, 1.807) is 12.1 Å². The number of fused-ring (bicyclic) bond motifs is 7. The Morgan fingerprint density at radius 3 is 1.14 bits per heavy atom. The van der Waals surface area contributed by atoms with Gasteiger partial charge in [-0.2, -0.15) is 0 Å². The molecule has 3 aromatic heterocycles. The predicted octanol–water partition coefficient (Wildman–Crippen LogP) is 20.8. The van der Waals surface area contributed by atoms with Crippen molar-refractivity contribution >= 4 is 91.0 Å². The number of benzene rings is 14. The van der Waals surface area contributed by atoms with Gasteiger partial charge >= 0.3 is 11.9 Å². The lowest BCUT2D eigenvalue weighted by atomic mass is 9.33. The Kier molecular flexibility index (Phi) is 16.5. The molecule has 0 atom stereocenters. The molecule has 0 N–H and O–H groups in total. The van der Waals surface area contributed by atoms with E-state index >= 15 is 0 Å². The van der Waals surface area contributed by atoms with Gasteiger partial charge in [-0.15, -0.1) is 0 Å². The Morgan fingerprint density at radius 1 is 0.296 bits per heavy atom. The van der Waals surface area contributed by atoms with E-state index in [-0.39, 0.29) is 19.9 Å². The minimum Gasteiger partial charge on any atom is -0.457 e. The van der Waals surface area contributed by atoms with Crippen molar-refractivity contribution in [3.05, 3.63) is 386 Å². The first-order chi connectivity index (χ1) is 53.4. The summed E-state index contributed by atoms with van der Waals surface area (Å²) in [5.74, 6) is 0.0411. The molecule has 12 heteroatoms. The zero-order valence-corrected chi connectivity index (χ0v) is 58.4. The molecule has 0 aliphatic carbocycles. The number of hydrogen-bond donors (Lipinski definition) is 0. The Labute approximate surface area is 624 Å². The monoisotopic (exact) mass is 1390 g/mol. The molecule has 108 heavy (non-hydrogen) atoms. The molecule has 0 amide bonds. The lowest BCUT2D eigenvalue weighted by molar-refractivity contribution is 0.0464. The third kappa shape index (κ3) is 12.0. The van der Waals surface area contributed by atoms with Crippen LogP contribution in [0.15, 0.2) is 364 Å². The maximum atomic E-state index is 14.3. The van der Waals surface area contributed by atoms with E-state index in [1.807, 2.05) is 146 Å². The fraction of sp³-hybridized carbons (Fsp3) is 0.0208. The smallest absolute Gasteiger partial charge is 0.338 e. The topological polar surface area (TPSA) is 116 Å². The molecule has 2 aliphatic rings. The van der Waals surface area contributed by atoms with Crippen LogP contribution in [0.5, 0.6) is 0 Å². The molecule has 0 saturated carbocycles. The van der Waals surface area contributed by atoms with Gasteiger partial charge in [0.15, 0.2) is 11.6 Å². The third-order valence-electron chi connectivity index (χ3n) is 20.5. The van der Waals surface area contributed by atoms with Crippen LogP contribution in [0.2, 0.25) is 0 Å². The fourth-order valence-electron chi connectivity index (χ4n) is 15.4. The molecule has 19 rings (SSSR count). The highest BCUT2D eigenvalue weighted by atomic mass is 16.5. The number of anilines is 6. The Morgan fingerprint density at radius 2 is 0.676 bits per heavy atom. The number of hydrogen-bond acceptors (Lipinski definition) is 10. The molecular weight excluding hydrogens is 1330 g/mol. The zero-order chi connectivity index (χ0) is 72.0. The lowest BCUT2D eigenvalue weighted by Gasteiger charge is -2.44. The van der Waals surface area contributed by atoms with Crippen LogP contribution in [-0.2, 0) is 22.7 Å². The quantitative estimate of drug-likeness (QED) is 0.0684. The summed E-state index contributed by atoms with van der Waals surface area (Å²) in [6.45, 7) is 0.161. The Bertz CT molecular complexity index is 6010. The van der Waals surface area contributed by atoms with Crippen LogP contribution in [0.4, 0.5) is 34.1 Å². The number of aromatic nitrogens is 5. The van der Waals surface area contributed by atoms with Gasteiger partial charge in [-0.05, 0) is 154 Å². The van der Waals surface area contributed by atoms with Gasteiger partial charge in [0.2, 0.25) is 0 Å². The molecule has 17 aromatic rings. The van der Waals surface area contributed by atoms with E-state index in [0.717, 1.165) is 118 Å². The van der Waals surface area contributed by atoms with Crippen LogP contribution in [0.3, 0.4) is 0 Å². The van der Waals surface area contributed by atoms with Crippen LogP contribution in [0.25, 0.3) is 106 Å². The van der Waals surface area contributed by atoms with Crippen molar-refractivity contribution in [3.63, 3.8) is 0 Å². The van der Waals surface area contributed by atoms with Gasteiger partial charge in [0.05, 0.1) is 50.6 Å². The first-order valence-corrected chi connectivity index (χ1v) is 36.1. The van der Waals surface area contributed by atoms with Gasteiger partial charge in [-0.25, -0.2) is 29.5 Å². The molecule has 0 bridgehead atoms. The van der Waals surface area contributed by atoms with E-state index in [2.05, 4.69) is 221 Å². The summed E-state index contributed by atoms with van der Waals surface area (Å²) in [6, 6.07) is 124. The van der Waals surface area contributed by atoms with Crippen molar-refractivity contribution in [1.82, 2.24) is 24.5 Å². The highest BCUT2D eigenvalue weighted by Crippen LogP contribution is 2.47. The van der Waals surface area contributed by atoms with Crippen LogP contribution < -0.4 is 26.2 Å². The first kappa shape index (κ1) is 64.5. The molecule has 0 unspecified atom stereocenters. The summed E-state index contributed by atoms with van der Waals surface area (Å²) in [6.07, 6.45) is 0.